The van der Waals surface area contributed by atoms with Gasteiger partial charge < -0.3 is 19.9 Å². The summed E-state index contributed by atoms with van der Waals surface area (Å²) in [5.41, 5.74) is 1.15. The van der Waals surface area contributed by atoms with E-state index >= 15 is 0 Å². The standard InChI is InChI=1S/C21H29N5O.HI/c1-3-22-21(24-17-19(27-2)18-9-5-4-6-10-18)26-15-13-25(14-16-26)20-11-7-8-12-23-20;/h4-12,19H,3,13-17H2,1-2H3,(H,22,24);1H. The molecule has 1 aromatic heterocycles. The Morgan fingerprint density at radius 1 is 1.11 bits per heavy atom. The molecule has 0 spiro atoms. The number of ether oxygens (including phenoxy) is 1. The Kier molecular flexibility index (Phi) is 9.49. The number of piperazine rings is 1. The zero-order valence-electron chi connectivity index (χ0n) is 16.6. The molecule has 7 heteroatoms. The Labute approximate surface area is 185 Å². The maximum atomic E-state index is 5.66. The Bertz CT molecular complexity index is 705. The van der Waals surface area contributed by atoms with Gasteiger partial charge in [0.1, 0.15) is 11.9 Å². The van der Waals surface area contributed by atoms with Gasteiger partial charge in [-0.3, -0.25) is 4.99 Å². The predicted molar refractivity (Wildman–Crippen MR) is 126 cm³/mol. The molecule has 1 aromatic carbocycles. The number of methoxy groups -OCH3 is 1. The van der Waals surface area contributed by atoms with Crippen LogP contribution in [0.1, 0.15) is 18.6 Å². The number of anilines is 1. The summed E-state index contributed by atoms with van der Waals surface area (Å²) in [6.45, 7) is 7.27. The Morgan fingerprint density at radius 3 is 2.43 bits per heavy atom. The van der Waals surface area contributed by atoms with E-state index in [-0.39, 0.29) is 30.1 Å². The summed E-state index contributed by atoms with van der Waals surface area (Å²) in [7, 11) is 1.74. The van der Waals surface area contributed by atoms with Crippen molar-refractivity contribution in [2.75, 3.05) is 51.3 Å². The zero-order chi connectivity index (χ0) is 18.9. The van der Waals surface area contributed by atoms with Crippen molar-refractivity contribution in [2.24, 2.45) is 4.99 Å². The first-order chi connectivity index (χ1) is 13.3. The SMILES string of the molecule is CCNC(=NCC(OC)c1ccccc1)N1CCN(c2ccccn2)CC1.I. The molecule has 28 heavy (non-hydrogen) atoms. The van der Waals surface area contributed by atoms with Gasteiger partial charge in [-0.25, -0.2) is 4.98 Å². The highest BCUT2D eigenvalue weighted by atomic mass is 127. The van der Waals surface area contributed by atoms with Gasteiger partial charge >= 0.3 is 0 Å². The van der Waals surface area contributed by atoms with E-state index in [9.17, 15) is 0 Å². The number of nitrogens with one attached hydrogen (secondary N) is 1. The van der Waals surface area contributed by atoms with Crippen molar-refractivity contribution in [3.63, 3.8) is 0 Å². The van der Waals surface area contributed by atoms with E-state index in [0.717, 1.165) is 50.1 Å². The van der Waals surface area contributed by atoms with Gasteiger partial charge in [-0.1, -0.05) is 36.4 Å². The second-order valence-corrected chi connectivity index (χ2v) is 6.49. The van der Waals surface area contributed by atoms with Crippen molar-refractivity contribution in [3.05, 3.63) is 60.3 Å². The predicted octanol–water partition coefficient (Wildman–Crippen LogP) is 3.17. The van der Waals surface area contributed by atoms with Gasteiger partial charge in [-0.15, -0.1) is 24.0 Å². The number of nitrogens with zero attached hydrogens (tertiary/aromatic N) is 4. The monoisotopic (exact) mass is 495 g/mol. The first kappa shape index (κ1) is 22.4. The van der Waals surface area contributed by atoms with E-state index in [1.807, 2.05) is 36.5 Å². The Balaban J connectivity index is 0.00000280. The van der Waals surface area contributed by atoms with Gasteiger partial charge in [0.2, 0.25) is 0 Å². The molecule has 0 amide bonds. The quantitative estimate of drug-likeness (QED) is 0.379. The second-order valence-electron chi connectivity index (χ2n) is 6.49. The fourth-order valence-corrected chi connectivity index (χ4v) is 3.27. The average molecular weight is 495 g/mol. The minimum atomic E-state index is -0.0327. The fraction of sp³-hybridized carbons (Fsp3) is 0.429. The van der Waals surface area contributed by atoms with Crippen molar-refractivity contribution < 1.29 is 4.74 Å². The average Bonchev–Trinajstić information content (AvgIpc) is 2.75. The third-order valence-corrected chi connectivity index (χ3v) is 4.75. The lowest BCUT2D eigenvalue weighted by atomic mass is 10.1. The van der Waals surface area contributed by atoms with Crippen molar-refractivity contribution in [1.82, 2.24) is 15.2 Å². The lowest BCUT2D eigenvalue weighted by Gasteiger charge is -2.37. The van der Waals surface area contributed by atoms with Gasteiger partial charge in [0, 0.05) is 46.0 Å². The van der Waals surface area contributed by atoms with Gasteiger partial charge in [0.15, 0.2) is 5.96 Å². The molecule has 0 saturated carbocycles. The maximum Gasteiger partial charge on any atom is 0.194 e. The van der Waals surface area contributed by atoms with Crippen LogP contribution in [0.5, 0.6) is 0 Å². The molecule has 1 atom stereocenters. The van der Waals surface area contributed by atoms with Crippen molar-refractivity contribution in [1.29, 1.82) is 0 Å². The summed E-state index contributed by atoms with van der Waals surface area (Å²) < 4.78 is 5.66. The van der Waals surface area contributed by atoms with E-state index in [1.165, 1.54) is 0 Å². The largest absolute Gasteiger partial charge is 0.375 e. The lowest BCUT2D eigenvalue weighted by Crippen LogP contribution is -2.52. The molecule has 1 unspecified atom stereocenters. The van der Waals surface area contributed by atoms with Crippen LogP contribution in [0.3, 0.4) is 0 Å². The lowest BCUT2D eigenvalue weighted by molar-refractivity contribution is 0.110. The van der Waals surface area contributed by atoms with E-state index in [4.69, 9.17) is 9.73 Å². The molecule has 0 aliphatic carbocycles. The van der Waals surface area contributed by atoms with Crippen LogP contribution >= 0.6 is 24.0 Å². The van der Waals surface area contributed by atoms with Crippen molar-refractivity contribution >= 4 is 35.8 Å². The van der Waals surface area contributed by atoms with Crippen LogP contribution in [0, 0.1) is 0 Å². The number of hydrogen-bond donors (Lipinski definition) is 1. The zero-order valence-corrected chi connectivity index (χ0v) is 19.0. The third-order valence-electron chi connectivity index (χ3n) is 4.75. The molecular weight excluding hydrogens is 465 g/mol. The van der Waals surface area contributed by atoms with Crippen molar-refractivity contribution in [2.45, 2.75) is 13.0 Å². The smallest absolute Gasteiger partial charge is 0.194 e. The van der Waals surface area contributed by atoms with Gasteiger partial charge in [0.25, 0.3) is 0 Å². The fourth-order valence-electron chi connectivity index (χ4n) is 3.27. The van der Waals surface area contributed by atoms with E-state index in [1.54, 1.807) is 7.11 Å². The molecule has 6 nitrogen and oxygen atoms in total. The normalized spacial score (nSPS) is 15.7. The summed E-state index contributed by atoms with van der Waals surface area (Å²) in [4.78, 5) is 14.0. The minimum Gasteiger partial charge on any atom is -0.375 e. The summed E-state index contributed by atoms with van der Waals surface area (Å²) in [5.74, 6) is 2.00. The van der Waals surface area contributed by atoms with Crippen LogP contribution in [0.4, 0.5) is 5.82 Å². The van der Waals surface area contributed by atoms with Gasteiger partial charge in [-0.05, 0) is 24.6 Å². The van der Waals surface area contributed by atoms with Crippen LogP contribution in [0.25, 0.3) is 0 Å². The maximum absolute atomic E-state index is 5.66. The first-order valence-electron chi connectivity index (χ1n) is 9.58. The Hall–Kier alpha value is -1.87. The van der Waals surface area contributed by atoms with Crippen LogP contribution in [-0.2, 0) is 4.74 Å². The number of benzene rings is 1. The number of aromatic nitrogens is 1. The van der Waals surface area contributed by atoms with Crippen LogP contribution in [0.15, 0.2) is 59.7 Å². The van der Waals surface area contributed by atoms with Crippen molar-refractivity contribution in [3.8, 4) is 0 Å². The molecule has 152 valence electrons. The molecule has 1 aliphatic heterocycles. The molecule has 0 radical (unpaired) electrons. The van der Waals surface area contributed by atoms with E-state index < -0.39 is 0 Å². The molecule has 1 fully saturated rings. The second kappa shape index (κ2) is 11.9. The Morgan fingerprint density at radius 2 is 1.82 bits per heavy atom. The molecule has 0 bridgehead atoms. The highest BCUT2D eigenvalue weighted by molar-refractivity contribution is 14.0. The number of pyridine rings is 1. The summed E-state index contributed by atoms with van der Waals surface area (Å²) in [5, 5.41) is 3.42. The van der Waals surface area contributed by atoms with E-state index in [0.29, 0.717) is 6.54 Å². The number of rotatable bonds is 6. The number of guanidine groups is 1. The van der Waals surface area contributed by atoms with Crippen LogP contribution in [-0.4, -0.2) is 62.2 Å². The summed E-state index contributed by atoms with van der Waals surface area (Å²) in [6, 6.07) is 16.3. The van der Waals surface area contributed by atoms with E-state index in [2.05, 4.69) is 45.2 Å². The molecule has 1 aliphatic rings. The highest BCUT2D eigenvalue weighted by Gasteiger charge is 2.21. The van der Waals surface area contributed by atoms with Crippen LogP contribution < -0.4 is 10.2 Å². The summed E-state index contributed by atoms with van der Waals surface area (Å²) >= 11 is 0. The highest BCUT2D eigenvalue weighted by Crippen LogP contribution is 2.17. The first-order valence-corrected chi connectivity index (χ1v) is 9.58. The third kappa shape index (κ3) is 6.07. The van der Waals surface area contributed by atoms with Gasteiger partial charge in [0.05, 0.1) is 6.54 Å². The van der Waals surface area contributed by atoms with Gasteiger partial charge in [-0.2, -0.15) is 0 Å². The minimum absolute atomic E-state index is 0. The molecule has 2 heterocycles. The van der Waals surface area contributed by atoms with Crippen LogP contribution in [0.2, 0.25) is 0 Å². The number of aliphatic imine (C=N–C) groups is 1. The topological polar surface area (TPSA) is 53.0 Å². The number of halogens is 1. The molecule has 1 saturated heterocycles. The molecular formula is C21H30IN5O. The molecule has 2 aromatic rings. The summed E-state index contributed by atoms with van der Waals surface area (Å²) in [6.07, 6.45) is 1.82. The molecule has 1 N–H and O–H groups in total. The molecule has 3 rings (SSSR count). The number of hydrogen-bond acceptors (Lipinski definition) is 4.